The maximum atomic E-state index is 13.3. The van der Waals surface area contributed by atoms with E-state index in [1.807, 2.05) is 20.8 Å². The normalized spacial score (nSPS) is 13.2. The minimum absolute atomic E-state index is 0.124. The predicted molar refractivity (Wildman–Crippen MR) is 71.2 cm³/mol. The Kier molecular flexibility index (Phi) is 4.71. The van der Waals surface area contributed by atoms with Crippen molar-refractivity contribution in [2.24, 2.45) is 11.1 Å². The lowest BCUT2D eigenvalue weighted by Crippen LogP contribution is -2.48. The van der Waals surface area contributed by atoms with Crippen LogP contribution in [0, 0.1) is 11.2 Å². The summed E-state index contributed by atoms with van der Waals surface area (Å²) in [5, 5.41) is 2.61. The first-order valence-corrected chi connectivity index (χ1v) is 6.10. The Labute approximate surface area is 112 Å². The molecule has 0 aromatic heterocycles. The molecular formula is C13H18ClFN2O. The van der Waals surface area contributed by atoms with Crippen molar-refractivity contribution in [3.05, 3.63) is 34.6 Å². The largest absolute Gasteiger partial charge is 0.347 e. The predicted octanol–water partition coefficient (Wildman–Crippen LogP) is 2.58. The quantitative estimate of drug-likeness (QED) is 0.889. The summed E-state index contributed by atoms with van der Waals surface area (Å²) >= 11 is 5.76. The molecule has 1 aromatic rings. The SMILES string of the molecule is CC(C)(C)C(CN)NC(=O)c1cccc(F)c1Cl. The van der Waals surface area contributed by atoms with Crippen molar-refractivity contribution in [2.75, 3.05) is 6.54 Å². The number of amides is 1. The van der Waals surface area contributed by atoms with Crippen molar-refractivity contribution in [2.45, 2.75) is 26.8 Å². The van der Waals surface area contributed by atoms with E-state index in [1.165, 1.54) is 18.2 Å². The number of carbonyl (C=O) groups is 1. The lowest BCUT2D eigenvalue weighted by molar-refractivity contribution is 0.0905. The van der Waals surface area contributed by atoms with E-state index in [4.69, 9.17) is 17.3 Å². The second kappa shape index (κ2) is 5.67. The third-order valence-corrected chi connectivity index (χ3v) is 3.17. The van der Waals surface area contributed by atoms with Gasteiger partial charge in [-0.05, 0) is 17.5 Å². The van der Waals surface area contributed by atoms with Crippen LogP contribution in [0.1, 0.15) is 31.1 Å². The number of carbonyl (C=O) groups excluding carboxylic acids is 1. The van der Waals surface area contributed by atoms with Crippen molar-refractivity contribution in [1.82, 2.24) is 5.32 Å². The summed E-state index contributed by atoms with van der Waals surface area (Å²) in [6.45, 7) is 6.22. The Balaban J connectivity index is 2.92. The van der Waals surface area contributed by atoms with Gasteiger partial charge in [0.25, 0.3) is 5.91 Å². The van der Waals surface area contributed by atoms with Crippen LogP contribution in [0.2, 0.25) is 5.02 Å². The minimum atomic E-state index is -0.607. The molecule has 1 unspecified atom stereocenters. The molecule has 0 aliphatic heterocycles. The standard InChI is InChI=1S/C13H18ClFN2O/c1-13(2,3)10(7-16)17-12(18)8-5-4-6-9(15)11(8)14/h4-6,10H,7,16H2,1-3H3,(H,17,18). The molecule has 0 heterocycles. The van der Waals surface area contributed by atoms with Gasteiger partial charge in [0, 0.05) is 12.6 Å². The van der Waals surface area contributed by atoms with Gasteiger partial charge in [0.2, 0.25) is 0 Å². The second-order valence-corrected chi connectivity index (χ2v) is 5.61. The maximum absolute atomic E-state index is 13.3. The van der Waals surface area contributed by atoms with Gasteiger partial charge in [0.05, 0.1) is 10.6 Å². The smallest absolute Gasteiger partial charge is 0.253 e. The summed E-state index contributed by atoms with van der Waals surface area (Å²) in [6, 6.07) is 3.94. The summed E-state index contributed by atoms with van der Waals surface area (Å²) in [7, 11) is 0. The molecule has 100 valence electrons. The van der Waals surface area contributed by atoms with Gasteiger partial charge in [-0.2, -0.15) is 0 Å². The van der Waals surface area contributed by atoms with Crippen LogP contribution in [0.15, 0.2) is 18.2 Å². The molecule has 1 aromatic carbocycles. The van der Waals surface area contributed by atoms with E-state index in [0.717, 1.165) is 0 Å². The Hall–Kier alpha value is -1.13. The van der Waals surface area contributed by atoms with E-state index in [2.05, 4.69) is 5.32 Å². The zero-order valence-electron chi connectivity index (χ0n) is 10.8. The van der Waals surface area contributed by atoms with E-state index in [1.54, 1.807) is 0 Å². The lowest BCUT2D eigenvalue weighted by atomic mass is 9.86. The molecule has 0 aliphatic rings. The van der Waals surface area contributed by atoms with Crippen LogP contribution in [0.3, 0.4) is 0 Å². The van der Waals surface area contributed by atoms with Gasteiger partial charge in [-0.3, -0.25) is 4.79 Å². The number of nitrogens with two attached hydrogens (primary N) is 1. The third-order valence-electron chi connectivity index (χ3n) is 2.78. The van der Waals surface area contributed by atoms with Gasteiger partial charge < -0.3 is 11.1 Å². The highest BCUT2D eigenvalue weighted by Crippen LogP contribution is 2.22. The first kappa shape index (κ1) is 14.9. The molecule has 18 heavy (non-hydrogen) atoms. The van der Waals surface area contributed by atoms with Crippen molar-refractivity contribution in [3.63, 3.8) is 0 Å². The van der Waals surface area contributed by atoms with Gasteiger partial charge >= 0.3 is 0 Å². The Morgan fingerprint density at radius 3 is 2.61 bits per heavy atom. The Bertz CT molecular complexity index is 443. The summed E-state index contributed by atoms with van der Waals surface area (Å²) in [5.74, 6) is -1.02. The highest BCUT2D eigenvalue weighted by Gasteiger charge is 2.26. The third kappa shape index (κ3) is 3.43. The number of benzene rings is 1. The highest BCUT2D eigenvalue weighted by molar-refractivity contribution is 6.34. The van der Waals surface area contributed by atoms with E-state index in [9.17, 15) is 9.18 Å². The number of hydrogen-bond acceptors (Lipinski definition) is 2. The van der Waals surface area contributed by atoms with Crippen LogP contribution >= 0.6 is 11.6 Å². The molecule has 0 fully saturated rings. The van der Waals surface area contributed by atoms with Gasteiger partial charge in [-0.25, -0.2) is 4.39 Å². The molecule has 0 aliphatic carbocycles. The second-order valence-electron chi connectivity index (χ2n) is 5.23. The zero-order valence-corrected chi connectivity index (χ0v) is 11.5. The molecule has 1 atom stereocenters. The number of rotatable bonds is 3. The van der Waals surface area contributed by atoms with Crippen LogP contribution in [-0.2, 0) is 0 Å². The average molecular weight is 273 g/mol. The molecule has 3 N–H and O–H groups in total. The fourth-order valence-corrected chi connectivity index (χ4v) is 1.76. The summed E-state index contributed by atoms with van der Waals surface area (Å²) in [5.41, 5.74) is 5.58. The van der Waals surface area contributed by atoms with Crippen LogP contribution in [0.5, 0.6) is 0 Å². The van der Waals surface area contributed by atoms with Gasteiger partial charge in [0.1, 0.15) is 5.82 Å². The number of nitrogens with one attached hydrogen (secondary N) is 1. The van der Waals surface area contributed by atoms with Crippen LogP contribution in [0.4, 0.5) is 4.39 Å². The molecule has 1 rings (SSSR count). The van der Waals surface area contributed by atoms with Crippen molar-refractivity contribution in [1.29, 1.82) is 0 Å². The Morgan fingerprint density at radius 1 is 1.50 bits per heavy atom. The highest BCUT2D eigenvalue weighted by atomic mass is 35.5. The molecular weight excluding hydrogens is 255 g/mol. The number of hydrogen-bond donors (Lipinski definition) is 2. The molecule has 1 amide bonds. The fraction of sp³-hybridized carbons (Fsp3) is 0.462. The lowest BCUT2D eigenvalue weighted by Gasteiger charge is -2.30. The van der Waals surface area contributed by atoms with Gasteiger partial charge in [-0.15, -0.1) is 0 Å². The zero-order chi connectivity index (χ0) is 13.9. The molecule has 0 saturated heterocycles. The topological polar surface area (TPSA) is 55.1 Å². The summed E-state index contributed by atoms with van der Waals surface area (Å²) < 4.78 is 13.3. The van der Waals surface area contributed by atoms with Crippen LogP contribution in [-0.4, -0.2) is 18.5 Å². The number of halogens is 2. The minimum Gasteiger partial charge on any atom is -0.347 e. The van der Waals surface area contributed by atoms with Crippen LogP contribution in [0.25, 0.3) is 0 Å². The first-order chi connectivity index (χ1) is 8.27. The molecule has 0 bridgehead atoms. The maximum Gasteiger partial charge on any atom is 0.253 e. The molecule has 5 heteroatoms. The van der Waals surface area contributed by atoms with E-state index >= 15 is 0 Å². The molecule has 3 nitrogen and oxygen atoms in total. The van der Waals surface area contributed by atoms with Gasteiger partial charge in [0.15, 0.2) is 0 Å². The average Bonchev–Trinajstić information content (AvgIpc) is 2.27. The van der Waals surface area contributed by atoms with Crippen molar-refractivity contribution >= 4 is 17.5 Å². The molecule has 0 radical (unpaired) electrons. The summed E-state index contributed by atoms with van der Waals surface area (Å²) in [6.07, 6.45) is 0. The molecule has 0 spiro atoms. The monoisotopic (exact) mass is 272 g/mol. The summed E-state index contributed by atoms with van der Waals surface area (Å²) in [4.78, 5) is 12.0. The van der Waals surface area contributed by atoms with Gasteiger partial charge in [-0.1, -0.05) is 38.4 Å². The van der Waals surface area contributed by atoms with Crippen LogP contribution < -0.4 is 11.1 Å². The van der Waals surface area contributed by atoms with Crippen molar-refractivity contribution < 1.29 is 9.18 Å². The van der Waals surface area contributed by atoms with E-state index < -0.39 is 11.7 Å². The fourth-order valence-electron chi connectivity index (χ4n) is 1.54. The first-order valence-electron chi connectivity index (χ1n) is 5.72. The molecule has 0 saturated carbocycles. The van der Waals surface area contributed by atoms with E-state index in [-0.39, 0.29) is 22.0 Å². The Morgan fingerprint density at radius 2 is 2.11 bits per heavy atom. The van der Waals surface area contributed by atoms with Crippen molar-refractivity contribution in [3.8, 4) is 0 Å². The van der Waals surface area contributed by atoms with E-state index in [0.29, 0.717) is 6.54 Å².